The third kappa shape index (κ3) is 3.37. The topological polar surface area (TPSA) is 29.1 Å². The van der Waals surface area contributed by atoms with Crippen molar-refractivity contribution in [3.63, 3.8) is 0 Å². The van der Waals surface area contributed by atoms with E-state index >= 15 is 0 Å². The van der Waals surface area contributed by atoms with E-state index < -0.39 is 0 Å². The average molecular weight is 219 g/mol. The van der Waals surface area contributed by atoms with E-state index in [-0.39, 0.29) is 17.4 Å². The maximum atomic E-state index is 11.8. The van der Waals surface area contributed by atoms with Crippen molar-refractivity contribution >= 4 is 5.91 Å². The highest BCUT2D eigenvalue weighted by atomic mass is 16.2. The molecule has 0 spiro atoms. The van der Waals surface area contributed by atoms with Gasteiger partial charge in [0.05, 0.1) is 6.04 Å². The molecule has 1 N–H and O–H groups in total. The summed E-state index contributed by atoms with van der Waals surface area (Å²) < 4.78 is 0. The molecule has 88 valence electrons. The first-order chi connectivity index (χ1) is 7.30. The molecule has 1 aromatic carbocycles. The Morgan fingerprint density at radius 3 is 2.44 bits per heavy atom. The largest absolute Gasteiger partial charge is 0.349 e. The van der Waals surface area contributed by atoms with Gasteiger partial charge in [-0.1, -0.05) is 50.6 Å². The molecule has 1 aromatic rings. The Bertz CT molecular complexity index is 377. The van der Waals surface area contributed by atoms with Crippen LogP contribution in [0.4, 0.5) is 0 Å². The summed E-state index contributed by atoms with van der Waals surface area (Å²) in [5.74, 6) is 0.0847. The van der Waals surface area contributed by atoms with Gasteiger partial charge in [0, 0.05) is 5.41 Å². The first-order valence-electron chi connectivity index (χ1n) is 5.68. The Balaban J connectivity index is 2.73. The van der Waals surface area contributed by atoms with E-state index in [2.05, 4.69) is 24.4 Å². The summed E-state index contributed by atoms with van der Waals surface area (Å²) in [5, 5.41) is 3.02. The van der Waals surface area contributed by atoms with E-state index in [1.54, 1.807) is 0 Å². The molecule has 0 heterocycles. The van der Waals surface area contributed by atoms with Crippen molar-refractivity contribution in [3.05, 3.63) is 35.4 Å². The summed E-state index contributed by atoms with van der Waals surface area (Å²) in [5.41, 5.74) is 2.03. The predicted molar refractivity (Wildman–Crippen MR) is 67.2 cm³/mol. The lowest BCUT2D eigenvalue weighted by Crippen LogP contribution is -2.36. The molecule has 0 aliphatic heterocycles. The van der Waals surface area contributed by atoms with Crippen LogP contribution in [-0.4, -0.2) is 5.91 Å². The maximum absolute atomic E-state index is 11.8. The zero-order valence-electron chi connectivity index (χ0n) is 10.8. The highest BCUT2D eigenvalue weighted by Gasteiger charge is 2.22. The number of hydrogen-bond donors (Lipinski definition) is 1. The Kier molecular flexibility index (Phi) is 3.74. The van der Waals surface area contributed by atoms with Gasteiger partial charge in [-0.05, 0) is 19.4 Å². The monoisotopic (exact) mass is 219 g/mol. The number of rotatable bonds is 2. The predicted octanol–water partition coefficient (Wildman–Crippen LogP) is 3.22. The van der Waals surface area contributed by atoms with Gasteiger partial charge >= 0.3 is 0 Å². The van der Waals surface area contributed by atoms with Gasteiger partial charge in [-0.25, -0.2) is 0 Å². The van der Waals surface area contributed by atoms with Crippen LogP contribution < -0.4 is 5.32 Å². The second kappa shape index (κ2) is 4.69. The van der Waals surface area contributed by atoms with Crippen molar-refractivity contribution in [1.29, 1.82) is 0 Å². The van der Waals surface area contributed by atoms with Crippen LogP contribution in [0.3, 0.4) is 0 Å². The fourth-order valence-electron chi connectivity index (χ4n) is 1.44. The highest BCUT2D eigenvalue weighted by molar-refractivity contribution is 5.81. The average Bonchev–Trinajstić information content (AvgIpc) is 2.16. The molecule has 0 fully saturated rings. The van der Waals surface area contributed by atoms with Gasteiger partial charge in [-0.3, -0.25) is 4.79 Å². The number of amides is 1. The molecule has 0 unspecified atom stereocenters. The van der Waals surface area contributed by atoms with Crippen molar-refractivity contribution in [1.82, 2.24) is 5.32 Å². The molecule has 1 atom stereocenters. The SMILES string of the molecule is Cc1cccc([C@H](C)NC(=O)C(C)(C)C)c1. The molecule has 2 nitrogen and oxygen atoms in total. The van der Waals surface area contributed by atoms with Gasteiger partial charge in [-0.2, -0.15) is 0 Å². The zero-order valence-corrected chi connectivity index (χ0v) is 10.8. The van der Waals surface area contributed by atoms with E-state index in [0.29, 0.717) is 0 Å². The molecule has 0 radical (unpaired) electrons. The van der Waals surface area contributed by atoms with Crippen LogP contribution in [0.15, 0.2) is 24.3 Å². The Hall–Kier alpha value is -1.31. The summed E-state index contributed by atoms with van der Waals surface area (Å²) in [6.07, 6.45) is 0. The molecule has 16 heavy (non-hydrogen) atoms. The summed E-state index contributed by atoms with van der Waals surface area (Å²) in [6.45, 7) is 9.84. The van der Waals surface area contributed by atoms with Crippen molar-refractivity contribution < 1.29 is 4.79 Å². The third-order valence-corrected chi connectivity index (χ3v) is 2.57. The van der Waals surface area contributed by atoms with Crippen LogP contribution in [0.1, 0.15) is 44.9 Å². The first kappa shape index (κ1) is 12.8. The number of hydrogen-bond acceptors (Lipinski definition) is 1. The Morgan fingerprint density at radius 1 is 1.31 bits per heavy atom. The van der Waals surface area contributed by atoms with Gasteiger partial charge in [0.25, 0.3) is 0 Å². The van der Waals surface area contributed by atoms with Crippen LogP contribution in [-0.2, 0) is 4.79 Å². The smallest absolute Gasteiger partial charge is 0.225 e. The molecular weight excluding hydrogens is 198 g/mol. The van der Waals surface area contributed by atoms with Crippen LogP contribution in [0.2, 0.25) is 0 Å². The van der Waals surface area contributed by atoms with Crippen LogP contribution in [0.5, 0.6) is 0 Å². The summed E-state index contributed by atoms with van der Waals surface area (Å²) in [7, 11) is 0. The van der Waals surface area contributed by atoms with Crippen molar-refractivity contribution in [2.45, 2.75) is 40.7 Å². The summed E-state index contributed by atoms with van der Waals surface area (Å²) in [4.78, 5) is 11.8. The van der Waals surface area contributed by atoms with Crippen molar-refractivity contribution in [3.8, 4) is 0 Å². The molecule has 0 aliphatic carbocycles. The summed E-state index contributed by atoms with van der Waals surface area (Å²) in [6, 6.07) is 8.28. The normalized spacial score (nSPS) is 13.3. The van der Waals surface area contributed by atoms with Gasteiger partial charge < -0.3 is 5.32 Å². The quantitative estimate of drug-likeness (QED) is 0.813. The lowest BCUT2D eigenvalue weighted by molar-refractivity contribution is -0.129. The molecule has 0 saturated heterocycles. The van der Waals surface area contributed by atoms with Crippen LogP contribution in [0, 0.1) is 12.3 Å². The number of aryl methyl sites for hydroxylation is 1. The molecule has 0 aliphatic rings. The number of benzene rings is 1. The Morgan fingerprint density at radius 2 is 1.94 bits per heavy atom. The molecule has 0 saturated carbocycles. The standard InChI is InChI=1S/C14H21NO/c1-10-7-6-8-12(9-10)11(2)15-13(16)14(3,4)5/h6-9,11H,1-5H3,(H,15,16)/t11-/m0/s1. The molecular formula is C14H21NO. The minimum atomic E-state index is -0.335. The molecule has 0 aromatic heterocycles. The lowest BCUT2D eigenvalue weighted by Gasteiger charge is -2.22. The molecule has 0 bridgehead atoms. The first-order valence-corrected chi connectivity index (χ1v) is 5.68. The molecule has 1 rings (SSSR count). The van der Waals surface area contributed by atoms with Crippen molar-refractivity contribution in [2.24, 2.45) is 5.41 Å². The number of nitrogens with one attached hydrogen (secondary N) is 1. The second-order valence-electron chi connectivity index (χ2n) is 5.36. The lowest BCUT2D eigenvalue weighted by atomic mass is 9.94. The van der Waals surface area contributed by atoms with E-state index in [4.69, 9.17) is 0 Å². The molecule has 1 amide bonds. The van der Waals surface area contributed by atoms with E-state index in [9.17, 15) is 4.79 Å². The van der Waals surface area contributed by atoms with E-state index in [1.807, 2.05) is 39.8 Å². The van der Waals surface area contributed by atoms with Gasteiger partial charge in [0.15, 0.2) is 0 Å². The van der Waals surface area contributed by atoms with Gasteiger partial charge in [-0.15, -0.1) is 0 Å². The molecule has 2 heteroatoms. The fourth-order valence-corrected chi connectivity index (χ4v) is 1.44. The number of carbonyl (C=O) groups is 1. The Labute approximate surface area is 98.1 Å². The minimum Gasteiger partial charge on any atom is -0.349 e. The third-order valence-electron chi connectivity index (χ3n) is 2.57. The minimum absolute atomic E-state index is 0.0617. The van der Waals surface area contributed by atoms with Gasteiger partial charge in [0.1, 0.15) is 0 Å². The fraction of sp³-hybridized carbons (Fsp3) is 0.500. The van der Waals surface area contributed by atoms with E-state index in [0.717, 1.165) is 5.56 Å². The summed E-state index contributed by atoms with van der Waals surface area (Å²) >= 11 is 0. The van der Waals surface area contributed by atoms with E-state index in [1.165, 1.54) is 5.56 Å². The highest BCUT2D eigenvalue weighted by Crippen LogP contribution is 2.18. The zero-order chi connectivity index (χ0) is 12.3. The maximum Gasteiger partial charge on any atom is 0.225 e. The van der Waals surface area contributed by atoms with Crippen molar-refractivity contribution in [2.75, 3.05) is 0 Å². The number of carbonyl (C=O) groups excluding carboxylic acids is 1. The van der Waals surface area contributed by atoms with Crippen LogP contribution >= 0.6 is 0 Å². The van der Waals surface area contributed by atoms with Gasteiger partial charge in [0.2, 0.25) is 5.91 Å². The van der Waals surface area contributed by atoms with Crippen LogP contribution in [0.25, 0.3) is 0 Å². The second-order valence-corrected chi connectivity index (χ2v) is 5.36.